The number of hydrogen-bond acceptors (Lipinski definition) is 4. The van der Waals surface area contributed by atoms with Gasteiger partial charge in [0, 0.05) is 24.2 Å². The highest BCUT2D eigenvalue weighted by Gasteiger charge is 2.28. The molecule has 0 N–H and O–H groups in total. The molecule has 0 spiro atoms. The molecule has 2 heterocycles. The lowest BCUT2D eigenvalue weighted by Gasteiger charge is -2.26. The lowest BCUT2D eigenvalue weighted by Crippen LogP contribution is -2.35. The normalized spacial score (nSPS) is 14.2. The van der Waals surface area contributed by atoms with Gasteiger partial charge < -0.3 is 4.90 Å². The van der Waals surface area contributed by atoms with Crippen LogP contribution in [0.15, 0.2) is 108 Å². The Morgan fingerprint density at radius 2 is 1.43 bits per heavy atom. The molecule has 6 nitrogen and oxygen atoms in total. The van der Waals surface area contributed by atoms with E-state index in [4.69, 9.17) is 4.98 Å². The van der Waals surface area contributed by atoms with E-state index < -0.39 is 10.0 Å². The van der Waals surface area contributed by atoms with Gasteiger partial charge in [0.25, 0.3) is 15.9 Å². The predicted octanol–water partition coefficient (Wildman–Crippen LogP) is 6.87. The Hall–Kier alpha value is -4.49. The fourth-order valence-electron chi connectivity index (χ4n) is 5.73. The molecule has 40 heavy (non-hydrogen) atoms. The largest absolute Gasteiger partial charge is 0.339 e. The molecule has 0 bridgehead atoms. The van der Waals surface area contributed by atoms with E-state index in [0.717, 1.165) is 40.8 Å². The van der Waals surface area contributed by atoms with Crippen molar-refractivity contribution >= 4 is 48.5 Å². The van der Waals surface area contributed by atoms with Crippen molar-refractivity contribution in [2.24, 2.45) is 0 Å². The summed E-state index contributed by atoms with van der Waals surface area (Å²) in [6.07, 6.45) is 3.08. The Labute approximate surface area is 232 Å². The molecular weight excluding hydrogens is 518 g/mol. The van der Waals surface area contributed by atoms with Crippen molar-refractivity contribution in [3.63, 3.8) is 0 Å². The van der Waals surface area contributed by atoms with Crippen LogP contribution in [-0.2, 0) is 10.0 Å². The number of rotatable bonds is 4. The Morgan fingerprint density at radius 1 is 0.700 bits per heavy atom. The molecule has 1 aliphatic heterocycles. The molecule has 6 aromatic rings. The van der Waals surface area contributed by atoms with E-state index in [2.05, 4.69) is 0 Å². The van der Waals surface area contributed by atoms with Crippen molar-refractivity contribution in [2.45, 2.75) is 24.2 Å². The van der Waals surface area contributed by atoms with Crippen molar-refractivity contribution in [1.82, 2.24) is 13.9 Å². The number of imidazole rings is 1. The minimum Gasteiger partial charge on any atom is -0.339 e. The first-order valence-electron chi connectivity index (χ1n) is 13.5. The highest BCUT2D eigenvalue weighted by molar-refractivity contribution is 7.90. The summed E-state index contributed by atoms with van der Waals surface area (Å²) in [4.78, 5) is 20.3. The lowest BCUT2D eigenvalue weighted by molar-refractivity contribution is 0.0724. The van der Waals surface area contributed by atoms with Gasteiger partial charge in [-0.1, -0.05) is 72.8 Å². The highest BCUT2D eigenvalue weighted by Crippen LogP contribution is 2.35. The van der Waals surface area contributed by atoms with Gasteiger partial charge in [0.15, 0.2) is 5.82 Å². The van der Waals surface area contributed by atoms with Crippen LogP contribution in [0.3, 0.4) is 0 Å². The van der Waals surface area contributed by atoms with Crippen LogP contribution >= 0.6 is 0 Å². The van der Waals surface area contributed by atoms with Gasteiger partial charge in [-0.3, -0.25) is 4.79 Å². The van der Waals surface area contributed by atoms with Crippen LogP contribution in [0.25, 0.3) is 44.0 Å². The molecular formula is C33H27N3O3S. The maximum absolute atomic E-state index is 14.5. The van der Waals surface area contributed by atoms with Crippen LogP contribution < -0.4 is 0 Å². The van der Waals surface area contributed by atoms with Crippen LogP contribution in [0.4, 0.5) is 0 Å². The summed E-state index contributed by atoms with van der Waals surface area (Å²) in [5, 5.41) is 3.68. The molecule has 1 amide bonds. The molecule has 7 heteroatoms. The topological polar surface area (TPSA) is 72.3 Å². The number of hydrogen-bond donors (Lipinski definition) is 0. The van der Waals surface area contributed by atoms with Gasteiger partial charge in [-0.25, -0.2) is 17.4 Å². The first-order valence-corrected chi connectivity index (χ1v) is 15.0. The first-order chi connectivity index (χ1) is 19.5. The monoisotopic (exact) mass is 545 g/mol. The van der Waals surface area contributed by atoms with Gasteiger partial charge in [0.1, 0.15) is 0 Å². The maximum atomic E-state index is 14.5. The van der Waals surface area contributed by atoms with Crippen LogP contribution in [0, 0.1) is 0 Å². The van der Waals surface area contributed by atoms with Crippen LogP contribution in [0.2, 0.25) is 0 Å². The molecule has 1 saturated heterocycles. The fourth-order valence-corrected chi connectivity index (χ4v) is 7.23. The average Bonchev–Trinajstić information content (AvgIpc) is 3.40. The molecule has 1 fully saturated rings. The second-order valence-corrected chi connectivity index (χ2v) is 12.1. The summed E-state index contributed by atoms with van der Waals surface area (Å²) in [5.74, 6) is 0.242. The van der Waals surface area contributed by atoms with E-state index in [-0.39, 0.29) is 10.8 Å². The number of benzene rings is 5. The molecule has 0 radical (unpaired) electrons. The number of carbonyl (C=O) groups excluding carboxylic acids is 1. The Balaban J connectivity index is 1.49. The summed E-state index contributed by atoms with van der Waals surface area (Å²) in [7, 11) is -4.10. The predicted molar refractivity (Wildman–Crippen MR) is 159 cm³/mol. The average molecular weight is 546 g/mol. The molecule has 0 aliphatic carbocycles. The van der Waals surface area contributed by atoms with Crippen molar-refractivity contribution in [1.29, 1.82) is 0 Å². The lowest BCUT2D eigenvalue weighted by atomic mass is 10.0. The quantitative estimate of drug-likeness (QED) is 0.242. The Kier molecular flexibility index (Phi) is 5.90. The summed E-state index contributed by atoms with van der Waals surface area (Å²) in [6, 6.07) is 31.7. The minimum absolute atomic E-state index is 0.0795. The molecule has 5 aromatic carbocycles. The van der Waals surface area contributed by atoms with Gasteiger partial charge in [0.05, 0.1) is 15.9 Å². The highest BCUT2D eigenvalue weighted by atomic mass is 32.2. The van der Waals surface area contributed by atoms with Gasteiger partial charge in [0.2, 0.25) is 0 Å². The minimum atomic E-state index is -4.10. The fraction of sp³-hybridized carbons (Fsp3) is 0.152. The third-order valence-electron chi connectivity index (χ3n) is 7.79. The first kappa shape index (κ1) is 24.5. The third-order valence-corrected chi connectivity index (χ3v) is 9.49. The van der Waals surface area contributed by atoms with E-state index in [0.29, 0.717) is 41.1 Å². The van der Waals surface area contributed by atoms with E-state index in [1.54, 1.807) is 30.3 Å². The number of nitrogens with zero attached hydrogens (tertiary/aromatic N) is 3. The number of aromatic nitrogens is 2. The van der Waals surface area contributed by atoms with E-state index in [1.807, 2.05) is 77.7 Å². The van der Waals surface area contributed by atoms with Gasteiger partial charge >= 0.3 is 0 Å². The number of fused-ring (bicyclic) bond motifs is 3. The zero-order chi connectivity index (χ0) is 27.3. The molecule has 1 aliphatic rings. The molecule has 0 unspecified atom stereocenters. The van der Waals surface area contributed by atoms with Crippen molar-refractivity contribution < 1.29 is 13.2 Å². The van der Waals surface area contributed by atoms with Gasteiger partial charge in [-0.05, 0) is 71.1 Å². The molecule has 0 saturated carbocycles. The van der Waals surface area contributed by atoms with Crippen LogP contribution in [-0.4, -0.2) is 41.3 Å². The molecule has 0 atom stereocenters. The Morgan fingerprint density at radius 3 is 2.25 bits per heavy atom. The Bertz CT molecular complexity index is 2030. The number of carbonyl (C=O) groups is 1. The number of likely N-dealkylation sites (tertiary alicyclic amines) is 1. The maximum Gasteiger partial charge on any atom is 0.270 e. The second-order valence-electron chi connectivity index (χ2n) is 10.3. The number of amides is 1. The zero-order valence-corrected chi connectivity index (χ0v) is 22.6. The summed E-state index contributed by atoms with van der Waals surface area (Å²) >= 11 is 0. The number of piperidine rings is 1. The zero-order valence-electron chi connectivity index (χ0n) is 21.8. The van der Waals surface area contributed by atoms with E-state index in [1.165, 1.54) is 3.97 Å². The van der Waals surface area contributed by atoms with E-state index >= 15 is 0 Å². The van der Waals surface area contributed by atoms with Gasteiger partial charge in [-0.2, -0.15) is 0 Å². The molecule has 198 valence electrons. The van der Waals surface area contributed by atoms with Gasteiger partial charge in [-0.15, -0.1) is 0 Å². The molecule has 1 aromatic heterocycles. The van der Waals surface area contributed by atoms with E-state index in [9.17, 15) is 13.2 Å². The second kappa shape index (κ2) is 9.61. The smallest absolute Gasteiger partial charge is 0.270 e. The molecule has 7 rings (SSSR count). The summed E-state index contributed by atoms with van der Waals surface area (Å²) in [5.41, 5.74) is 2.08. The SMILES string of the molecule is O=C(c1ccc2nc(-c3cccc4ccccc34)n(S(=O)(=O)c3ccc4ccccc4c3)c2c1)N1CCCCC1. The standard InChI is InChI=1S/C33H27N3O3S/c37-33(35-19-6-1-7-20-35)26-16-18-30-31(22-26)36(32(34-30)29-14-8-12-24-10-4-5-13-28(24)29)40(38,39)27-17-15-23-9-2-3-11-25(23)21-27/h2-5,8-18,21-22H,1,6-7,19-20H2. The third kappa shape index (κ3) is 4.05. The van der Waals surface area contributed by atoms with Crippen LogP contribution in [0.1, 0.15) is 29.6 Å². The van der Waals surface area contributed by atoms with Crippen molar-refractivity contribution in [3.8, 4) is 11.4 Å². The summed E-state index contributed by atoms with van der Waals surface area (Å²) < 4.78 is 30.3. The summed E-state index contributed by atoms with van der Waals surface area (Å²) in [6.45, 7) is 1.43. The van der Waals surface area contributed by atoms with Crippen molar-refractivity contribution in [3.05, 3.63) is 109 Å². The van der Waals surface area contributed by atoms with Crippen LogP contribution in [0.5, 0.6) is 0 Å². The van der Waals surface area contributed by atoms with Crippen molar-refractivity contribution in [2.75, 3.05) is 13.1 Å².